The average Bonchev–Trinajstić information content (AvgIpc) is 2.88. The summed E-state index contributed by atoms with van der Waals surface area (Å²) in [6.07, 6.45) is 9.01. The van der Waals surface area contributed by atoms with Crippen LogP contribution in [0.25, 0.3) is 21.7 Å². The van der Waals surface area contributed by atoms with Gasteiger partial charge in [-0.1, -0.05) is 78.2 Å². The third-order valence-corrected chi connectivity index (χ3v) is 6.89. The van der Waals surface area contributed by atoms with E-state index in [-0.39, 0.29) is 11.5 Å². The fraction of sp³-hybridized carbons (Fsp3) is 0.250. The van der Waals surface area contributed by atoms with Crippen LogP contribution in [0.1, 0.15) is 49.4 Å². The second-order valence-electron chi connectivity index (χ2n) is 8.63. The normalized spacial score (nSPS) is 14.7. The molecule has 0 unspecified atom stereocenters. The minimum atomic E-state index is -0.156. The Hall–Kier alpha value is -3.25. The zero-order valence-corrected chi connectivity index (χ0v) is 20.5. The highest BCUT2D eigenvalue weighted by Crippen LogP contribution is 2.32. The molecule has 6 heteroatoms. The van der Waals surface area contributed by atoms with Crippen molar-refractivity contribution in [2.45, 2.75) is 38.0 Å². The van der Waals surface area contributed by atoms with Crippen molar-refractivity contribution in [3.05, 3.63) is 93.5 Å². The highest BCUT2D eigenvalue weighted by Gasteiger charge is 2.22. The number of hydrogen-bond donors (Lipinski definition) is 0. The van der Waals surface area contributed by atoms with Gasteiger partial charge in [0.05, 0.1) is 17.1 Å². The molecule has 0 spiro atoms. The Morgan fingerprint density at radius 3 is 2.74 bits per heavy atom. The van der Waals surface area contributed by atoms with Gasteiger partial charge in [-0.3, -0.25) is 4.79 Å². The van der Waals surface area contributed by atoms with Crippen LogP contribution in [0, 0.1) is 0 Å². The molecule has 1 aromatic heterocycles. The van der Waals surface area contributed by atoms with Gasteiger partial charge >= 0.3 is 0 Å². The molecule has 34 heavy (non-hydrogen) atoms. The molecule has 1 aliphatic carbocycles. The van der Waals surface area contributed by atoms with Crippen molar-refractivity contribution < 1.29 is 4.74 Å². The SMILES string of the molecule is C=CCOc1ccc2ccccc2c1C=Nn1c(C2CCCCC2)nc2ccc(Br)cc2c1=O. The van der Waals surface area contributed by atoms with Crippen molar-refractivity contribution in [2.75, 3.05) is 6.61 Å². The first-order valence-corrected chi connectivity index (χ1v) is 12.5. The fourth-order valence-corrected chi connectivity index (χ4v) is 5.06. The van der Waals surface area contributed by atoms with E-state index in [1.807, 2.05) is 48.5 Å². The van der Waals surface area contributed by atoms with E-state index >= 15 is 0 Å². The molecule has 0 bridgehead atoms. The van der Waals surface area contributed by atoms with E-state index in [0.29, 0.717) is 23.3 Å². The van der Waals surface area contributed by atoms with Gasteiger partial charge in [-0.15, -0.1) is 0 Å². The van der Waals surface area contributed by atoms with Gasteiger partial charge in [0.2, 0.25) is 0 Å². The quantitative estimate of drug-likeness (QED) is 0.209. The molecule has 172 valence electrons. The Morgan fingerprint density at radius 2 is 1.91 bits per heavy atom. The molecule has 0 atom stereocenters. The van der Waals surface area contributed by atoms with Crippen LogP contribution >= 0.6 is 15.9 Å². The van der Waals surface area contributed by atoms with Gasteiger partial charge in [0, 0.05) is 16.0 Å². The number of aromatic nitrogens is 2. The third-order valence-electron chi connectivity index (χ3n) is 6.39. The highest BCUT2D eigenvalue weighted by molar-refractivity contribution is 9.10. The van der Waals surface area contributed by atoms with E-state index in [9.17, 15) is 4.79 Å². The Morgan fingerprint density at radius 1 is 1.09 bits per heavy atom. The Bertz CT molecular complexity index is 1450. The highest BCUT2D eigenvalue weighted by atomic mass is 79.9. The molecule has 1 heterocycles. The first kappa shape index (κ1) is 22.5. The van der Waals surface area contributed by atoms with E-state index in [1.54, 1.807) is 12.3 Å². The van der Waals surface area contributed by atoms with Crippen LogP contribution in [0.4, 0.5) is 0 Å². The first-order valence-electron chi connectivity index (χ1n) is 11.7. The van der Waals surface area contributed by atoms with Crippen LogP contribution < -0.4 is 10.3 Å². The van der Waals surface area contributed by atoms with Gasteiger partial charge in [0.15, 0.2) is 0 Å². The topological polar surface area (TPSA) is 56.5 Å². The summed E-state index contributed by atoms with van der Waals surface area (Å²) in [5, 5.41) is 7.38. The monoisotopic (exact) mass is 515 g/mol. The maximum Gasteiger partial charge on any atom is 0.282 e. The second-order valence-corrected chi connectivity index (χ2v) is 9.54. The number of fused-ring (bicyclic) bond motifs is 2. The smallest absolute Gasteiger partial charge is 0.282 e. The molecule has 0 amide bonds. The predicted octanol–water partition coefficient (Wildman–Crippen LogP) is 6.81. The van der Waals surface area contributed by atoms with Gasteiger partial charge < -0.3 is 4.74 Å². The zero-order valence-electron chi connectivity index (χ0n) is 18.9. The minimum Gasteiger partial charge on any atom is -0.489 e. The molecule has 1 fully saturated rings. The number of halogens is 1. The molecule has 0 radical (unpaired) electrons. The molecule has 5 rings (SSSR count). The van der Waals surface area contributed by atoms with E-state index in [2.05, 4.69) is 28.6 Å². The Labute approximate surface area is 206 Å². The fourth-order valence-electron chi connectivity index (χ4n) is 4.70. The lowest BCUT2D eigenvalue weighted by molar-refractivity contribution is 0.363. The average molecular weight is 516 g/mol. The molecule has 0 N–H and O–H groups in total. The van der Waals surface area contributed by atoms with E-state index in [0.717, 1.165) is 52.3 Å². The second kappa shape index (κ2) is 9.94. The van der Waals surface area contributed by atoms with Crippen LogP contribution in [0.15, 0.2) is 81.6 Å². The van der Waals surface area contributed by atoms with Crippen molar-refractivity contribution in [3.63, 3.8) is 0 Å². The van der Waals surface area contributed by atoms with Gasteiger partial charge in [-0.05, 0) is 47.9 Å². The Balaban J connectivity index is 1.70. The number of ether oxygens (including phenoxy) is 1. The summed E-state index contributed by atoms with van der Waals surface area (Å²) in [7, 11) is 0. The van der Waals surface area contributed by atoms with Gasteiger partial charge in [0.25, 0.3) is 5.56 Å². The van der Waals surface area contributed by atoms with Gasteiger partial charge in [-0.2, -0.15) is 9.78 Å². The molecule has 4 aromatic rings. The van der Waals surface area contributed by atoms with E-state index in [1.165, 1.54) is 11.1 Å². The first-order chi connectivity index (χ1) is 16.7. The lowest BCUT2D eigenvalue weighted by atomic mass is 9.88. The Kier molecular flexibility index (Phi) is 6.59. The number of nitrogens with zero attached hydrogens (tertiary/aromatic N) is 3. The molecular formula is C28H26BrN3O2. The standard InChI is InChI=1S/C28H26BrN3O2/c1-2-16-34-26-15-12-19-8-6-7-11-22(19)24(26)18-30-32-27(20-9-4-3-5-10-20)31-25-14-13-21(29)17-23(25)28(32)33/h2,6-8,11-15,17-18,20H,1,3-5,9-10,16H2. The van der Waals surface area contributed by atoms with E-state index < -0.39 is 0 Å². The predicted molar refractivity (Wildman–Crippen MR) is 142 cm³/mol. The van der Waals surface area contributed by atoms with Crippen molar-refractivity contribution in [1.29, 1.82) is 0 Å². The molecule has 1 aliphatic rings. The van der Waals surface area contributed by atoms with E-state index in [4.69, 9.17) is 14.8 Å². The van der Waals surface area contributed by atoms with Crippen molar-refractivity contribution in [1.82, 2.24) is 9.66 Å². The number of rotatable bonds is 6. The van der Waals surface area contributed by atoms with Crippen molar-refractivity contribution >= 4 is 43.8 Å². The molecule has 5 nitrogen and oxygen atoms in total. The number of benzene rings is 3. The van der Waals surface area contributed by atoms with Crippen LogP contribution in [0.5, 0.6) is 5.75 Å². The summed E-state index contributed by atoms with van der Waals surface area (Å²) in [5.74, 6) is 1.66. The van der Waals surface area contributed by atoms with Crippen LogP contribution in [0.3, 0.4) is 0 Å². The van der Waals surface area contributed by atoms with Crippen LogP contribution in [0.2, 0.25) is 0 Å². The lowest BCUT2D eigenvalue weighted by Crippen LogP contribution is -2.25. The minimum absolute atomic E-state index is 0.156. The molecule has 0 saturated heterocycles. The lowest BCUT2D eigenvalue weighted by Gasteiger charge is -2.22. The maximum absolute atomic E-state index is 13.6. The van der Waals surface area contributed by atoms with Crippen molar-refractivity contribution in [3.8, 4) is 5.75 Å². The number of hydrogen-bond acceptors (Lipinski definition) is 4. The zero-order chi connectivity index (χ0) is 23.5. The molecule has 0 aliphatic heterocycles. The van der Waals surface area contributed by atoms with Crippen LogP contribution in [-0.4, -0.2) is 22.5 Å². The van der Waals surface area contributed by atoms with Crippen LogP contribution in [-0.2, 0) is 0 Å². The summed E-state index contributed by atoms with van der Waals surface area (Å²) < 4.78 is 8.27. The van der Waals surface area contributed by atoms with Crippen molar-refractivity contribution in [2.24, 2.45) is 5.10 Å². The maximum atomic E-state index is 13.6. The summed E-state index contributed by atoms with van der Waals surface area (Å²) in [6, 6.07) is 17.7. The molecule has 3 aromatic carbocycles. The summed E-state index contributed by atoms with van der Waals surface area (Å²) >= 11 is 3.48. The molecule has 1 saturated carbocycles. The summed E-state index contributed by atoms with van der Waals surface area (Å²) in [5.41, 5.74) is 1.38. The molecular weight excluding hydrogens is 490 g/mol. The third kappa shape index (κ3) is 4.42. The summed E-state index contributed by atoms with van der Waals surface area (Å²) in [4.78, 5) is 18.6. The van der Waals surface area contributed by atoms with Gasteiger partial charge in [0.1, 0.15) is 18.2 Å². The summed E-state index contributed by atoms with van der Waals surface area (Å²) in [6.45, 7) is 4.14. The van der Waals surface area contributed by atoms with Gasteiger partial charge in [-0.25, -0.2) is 4.98 Å². The largest absolute Gasteiger partial charge is 0.489 e.